The summed E-state index contributed by atoms with van der Waals surface area (Å²) in [6, 6.07) is 7.14. The highest BCUT2D eigenvalue weighted by molar-refractivity contribution is 5.43. The molecule has 1 radical (unpaired) electrons. The Morgan fingerprint density at radius 3 is 2.32 bits per heavy atom. The zero-order chi connectivity index (χ0) is 14.4. The van der Waals surface area contributed by atoms with Crippen LogP contribution in [0.3, 0.4) is 0 Å². The van der Waals surface area contributed by atoms with Crippen molar-refractivity contribution in [2.45, 2.75) is 52.9 Å². The normalized spacial score (nSPS) is 13.1. The molecule has 0 bridgehead atoms. The van der Waals surface area contributed by atoms with Gasteiger partial charge in [0.1, 0.15) is 5.75 Å². The maximum Gasteiger partial charge on any atom is 0.315 e. The van der Waals surface area contributed by atoms with Crippen molar-refractivity contribution in [3.05, 3.63) is 29.3 Å². The molecule has 1 aromatic rings. The molecule has 1 unspecified atom stereocenters. The third-order valence-electron chi connectivity index (χ3n) is 2.90. The van der Waals surface area contributed by atoms with Crippen molar-refractivity contribution in [1.82, 2.24) is 0 Å². The van der Waals surface area contributed by atoms with E-state index >= 15 is 0 Å². The first-order valence-electron chi connectivity index (χ1n) is 6.86. The van der Waals surface area contributed by atoms with E-state index < -0.39 is 6.48 Å². The Kier molecular flexibility index (Phi) is 6.32. The Hall–Kier alpha value is -1.06. The van der Waals surface area contributed by atoms with Crippen molar-refractivity contribution in [2.75, 3.05) is 13.7 Å². The molecule has 0 saturated heterocycles. The van der Waals surface area contributed by atoms with Gasteiger partial charge in [-0.1, -0.05) is 33.8 Å². The molecule has 1 rings (SSSR count). The Morgan fingerprint density at radius 2 is 1.84 bits per heavy atom. The zero-order valence-electron chi connectivity index (χ0n) is 12.8. The summed E-state index contributed by atoms with van der Waals surface area (Å²) in [5.74, 6) is 1.59. The van der Waals surface area contributed by atoms with Crippen molar-refractivity contribution in [2.24, 2.45) is 0 Å². The highest BCUT2D eigenvalue weighted by Gasteiger charge is 2.18. The van der Waals surface area contributed by atoms with Crippen molar-refractivity contribution < 1.29 is 14.2 Å². The highest BCUT2D eigenvalue weighted by Crippen LogP contribution is 2.34. The fraction of sp³-hybridized carbons (Fsp3) is 0.625. The lowest BCUT2D eigenvalue weighted by Crippen LogP contribution is -2.23. The van der Waals surface area contributed by atoms with Crippen molar-refractivity contribution >= 4 is 0 Å². The van der Waals surface area contributed by atoms with Gasteiger partial charge in [0.05, 0.1) is 6.61 Å². The number of ether oxygens (including phenoxy) is 3. The topological polar surface area (TPSA) is 27.7 Å². The van der Waals surface area contributed by atoms with E-state index in [9.17, 15) is 0 Å². The summed E-state index contributed by atoms with van der Waals surface area (Å²) in [7, 11) is 1.58. The lowest BCUT2D eigenvalue weighted by molar-refractivity contribution is -0.231. The standard InChI is InChI=1S/C16H25O3/c1-7-18-16(17-6)19-14-10-8-9-13(11(2)3)15(14)12(4)5/h8,10-12,16H,7H2,1-6H3. The van der Waals surface area contributed by atoms with Gasteiger partial charge in [0, 0.05) is 12.7 Å². The maximum atomic E-state index is 5.82. The van der Waals surface area contributed by atoms with Gasteiger partial charge in [-0.3, -0.25) is 0 Å². The Bertz CT molecular complexity index is 386. The zero-order valence-corrected chi connectivity index (χ0v) is 12.8. The third kappa shape index (κ3) is 4.22. The van der Waals surface area contributed by atoms with E-state index in [0.29, 0.717) is 18.4 Å². The lowest BCUT2D eigenvalue weighted by atomic mass is 9.90. The monoisotopic (exact) mass is 265 g/mol. The minimum Gasteiger partial charge on any atom is -0.441 e. The molecule has 1 atom stereocenters. The molecule has 0 aliphatic carbocycles. The summed E-state index contributed by atoms with van der Waals surface area (Å²) in [6.07, 6.45) is 0. The number of benzene rings is 1. The molecule has 0 saturated carbocycles. The van der Waals surface area contributed by atoms with Crippen LogP contribution in [0.1, 0.15) is 57.6 Å². The minimum absolute atomic E-state index is 0.365. The molecule has 0 heterocycles. The van der Waals surface area contributed by atoms with Crippen LogP contribution < -0.4 is 4.74 Å². The van der Waals surface area contributed by atoms with Crippen LogP contribution in [0.25, 0.3) is 0 Å². The number of hydrogen-bond acceptors (Lipinski definition) is 3. The first-order valence-corrected chi connectivity index (χ1v) is 6.86. The number of methoxy groups -OCH3 is 1. The fourth-order valence-electron chi connectivity index (χ4n) is 2.07. The van der Waals surface area contributed by atoms with E-state index in [1.165, 1.54) is 11.1 Å². The van der Waals surface area contributed by atoms with Crippen molar-refractivity contribution in [3.8, 4) is 5.75 Å². The van der Waals surface area contributed by atoms with Crippen LogP contribution in [0.15, 0.2) is 12.1 Å². The molecule has 0 amide bonds. The van der Waals surface area contributed by atoms with Crippen LogP contribution in [0.2, 0.25) is 0 Å². The Labute approximate surface area is 116 Å². The van der Waals surface area contributed by atoms with Gasteiger partial charge < -0.3 is 14.2 Å². The first kappa shape index (κ1) is 16.0. The summed E-state index contributed by atoms with van der Waals surface area (Å²) in [5.41, 5.74) is 2.37. The first-order chi connectivity index (χ1) is 9.01. The Morgan fingerprint density at radius 1 is 1.16 bits per heavy atom. The molecule has 0 spiro atoms. The molecule has 107 valence electrons. The predicted octanol–water partition coefficient (Wildman–Crippen LogP) is 4.08. The van der Waals surface area contributed by atoms with Crippen LogP contribution in [0.5, 0.6) is 5.75 Å². The van der Waals surface area contributed by atoms with Gasteiger partial charge in [-0.2, -0.15) is 0 Å². The largest absolute Gasteiger partial charge is 0.441 e. The molecular formula is C16H25O3. The second kappa shape index (κ2) is 7.51. The molecular weight excluding hydrogens is 240 g/mol. The second-order valence-electron chi connectivity index (χ2n) is 5.08. The third-order valence-corrected chi connectivity index (χ3v) is 2.90. The van der Waals surface area contributed by atoms with Crippen LogP contribution in [-0.2, 0) is 9.47 Å². The van der Waals surface area contributed by atoms with Crippen molar-refractivity contribution in [3.63, 3.8) is 0 Å². The van der Waals surface area contributed by atoms with Gasteiger partial charge in [0.2, 0.25) is 0 Å². The summed E-state index contributed by atoms with van der Waals surface area (Å²) >= 11 is 0. The van der Waals surface area contributed by atoms with Gasteiger partial charge >= 0.3 is 6.48 Å². The van der Waals surface area contributed by atoms with Gasteiger partial charge in [0.15, 0.2) is 0 Å². The van der Waals surface area contributed by atoms with Crippen LogP contribution >= 0.6 is 0 Å². The van der Waals surface area contributed by atoms with E-state index in [1.54, 1.807) is 7.11 Å². The maximum absolute atomic E-state index is 5.82. The van der Waals surface area contributed by atoms with Crippen LogP contribution in [-0.4, -0.2) is 20.2 Å². The minimum atomic E-state index is -0.662. The fourth-order valence-corrected chi connectivity index (χ4v) is 2.07. The molecule has 3 heteroatoms. The highest BCUT2D eigenvalue weighted by atomic mass is 16.8. The van der Waals surface area contributed by atoms with Crippen LogP contribution in [0.4, 0.5) is 0 Å². The van der Waals surface area contributed by atoms with Gasteiger partial charge in [-0.05, 0) is 36.5 Å². The summed E-state index contributed by atoms with van der Waals surface area (Å²) in [5, 5.41) is 0. The molecule has 0 N–H and O–H groups in total. The average Bonchev–Trinajstić information content (AvgIpc) is 2.37. The smallest absolute Gasteiger partial charge is 0.315 e. The number of rotatable bonds is 7. The van der Waals surface area contributed by atoms with Gasteiger partial charge in [0.25, 0.3) is 0 Å². The molecule has 3 nitrogen and oxygen atoms in total. The molecule has 0 fully saturated rings. The summed E-state index contributed by atoms with van der Waals surface area (Å²) < 4.78 is 16.4. The SMILES string of the molecule is CCOC(OC)Oc1cc[c]c(C(C)C)c1C(C)C. The van der Waals surface area contributed by atoms with Crippen molar-refractivity contribution in [1.29, 1.82) is 0 Å². The average molecular weight is 265 g/mol. The van der Waals surface area contributed by atoms with E-state index in [-0.39, 0.29) is 0 Å². The number of hydrogen-bond donors (Lipinski definition) is 0. The van der Waals surface area contributed by atoms with E-state index in [4.69, 9.17) is 14.2 Å². The Balaban J connectivity index is 3.09. The van der Waals surface area contributed by atoms with Crippen LogP contribution in [0, 0.1) is 6.07 Å². The molecule has 0 aliphatic heterocycles. The van der Waals surface area contributed by atoms with Gasteiger partial charge in [-0.15, -0.1) is 0 Å². The van der Waals surface area contributed by atoms with E-state index in [2.05, 4.69) is 33.8 Å². The molecule has 0 aliphatic rings. The molecule has 0 aromatic heterocycles. The van der Waals surface area contributed by atoms with E-state index in [0.717, 1.165) is 5.75 Å². The molecule has 1 aromatic carbocycles. The molecule has 19 heavy (non-hydrogen) atoms. The van der Waals surface area contributed by atoms with Gasteiger partial charge in [-0.25, -0.2) is 0 Å². The summed E-state index contributed by atoms with van der Waals surface area (Å²) in [6.45, 7) is 10.4. The lowest BCUT2D eigenvalue weighted by Gasteiger charge is -2.23. The summed E-state index contributed by atoms with van der Waals surface area (Å²) in [4.78, 5) is 0. The second-order valence-corrected chi connectivity index (χ2v) is 5.08. The van der Waals surface area contributed by atoms with E-state index in [1.807, 2.05) is 19.1 Å². The quantitative estimate of drug-likeness (QED) is 0.695. The predicted molar refractivity (Wildman–Crippen MR) is 76.5 cm³/mol.